The van der Waals surface area contributed by atoms with Crippen LogP contribution in [0.2, 0.25) is 0 Å². The molecule has 3 heteroatoms. The van der Waals surface area contributed by atoms with Gasteiger partial charge >= 0.3 is 0 Å². The molecular weight excluding hydrogens is 516 g/mol. The van der Waals surface area contributed by atoms with E-state index in [2.05, 4.69) is 139 Å². The summed E-state index contributed by atoms with van der Waals surface area (Å²) in [5, 5.41) is 5.31. The van der Waals surface area contributed by atoms with Crippen molar-refractivity contribution in [1.82, 2.24) is 3.97 Å². The van der Waals surface area contributed by atoms with E-state index in [4.69, 9.17) is 0 Å². The van der Waals surface area contributed by atoms with Crippen LogP contribution in [0.3, 0.4) is 0 Å². The van der Waals surface area contributed by atoms with Gasteiger partial charge in [-0.15, -0.1) is 11.1 Å². The van der Waals surface area contributed by atoms with E-state index < -0.39 is 11.1 Å². The number of thiol groups is 1. The van der Waals surface area contributed by atoms with Gasteiger partial charge in [0.2, 0.25) is 0 Å². The zero-order valence-corrected chi connectivity index (χ0v) is 24.1. The fourth-order valence-electron chi connectivity index (χ4n) is 7.99. The van der Waals surface area contributed by atoms with Gasteiger partial charge in [-0.25, -0.2) is 0 Å². The summed E-state index contributed by atoms with van der Waals surface area (Å²) in [6.45, 7) is 7.06. The summed E-state index contributed by atoms with van der Waals surface area (Å²) in [7, 11) is 0. The van der Waals surface area contributed by atoms with Crippen LogP contribution in [0.4, 0.5) is 17.1 Å². The highest BCUT2D eigenvalue weighted by Gasteiger charge is 2.44. The number of para-hydroxylation sites is 3. The number of rotatable bonds is 0. The smallest absolute Gasteiger partial charge is 0.0670 e. The van der Waals surface area contributed by atoms with Gasteiger partial charge in [-0.3, -0.25) is 3.97 Å². The van der Waals surface area contributed by atoms with Crippen molar-refractivity contribution in [2.45, 2.75) is 36.0 Å². The molecule has 0 aliphatic carbocycles. The molecule has 1 atom stereocenters. The van der Waals surface area contributed by atoms with Gasteiger partial charge in [-0.1, -0.05) is 92.7 Å². The summed E-state index contributed by atoms with van der Waals surface area (Å²) in [6.07, 6.45) is 0. The molecule has 1 unspecified atom stereocenters. The lowest BCUT2D eigenvalue weighted by molar-refractivity contribution is 0.628. The first-order valence-corrected chi connectivity index (χ1v) is 15.8. The quantitative estimate of drug-likeness (QED) is 0.187. The summed E-state index contributed by atoms with van der Waals surface area (Å²) < 4.78 is 2.74. The van der Waals surface area contributed by atoms with Crippen LogP contribution in [0.15, 0.2) is 119 Å². The van der Waals surface area contributed by atoms with E-state index in [0.29, 0.717) is 0 Å². The van der Waals surface area contributed by atoms with Crippen molar-refractivity contribution in [3.63, 3.8) is 0 Å². The van der Waals surface area contributed by atoms with Gasteiger partial charge in [-0.2, -0.15) is 0 Å². The second kappa shape index (κ2) is 7.23. The lowest BCUT2D eigenvalue weighted by Gasteiger charge is -2.49. The first-order valence-electron chi connectivity index (χ1n) is 14.5. The summed E-state index contributed by atoms with van der Waals surface area (Å²) in [4.78, 5) is 5.54. The van der Waals surface area contributed by atoms with E-state index in [1.54, 1.807) is 0 Å². The third-order valence-electron chi connectivity index (χ3n) is 9.77. The summed E-state index contributed by atoms with van der Waals surface area (Å²) in [5.41, 5.74) is 13.6. The van der Waals surface area contributed by atoms with Gasteiger partial charge < -0.3 is 4.90 Å². The zero-order valence-electron chi connectivity index (χ0n) is 23.2. The average molecular weight is 545 g/mol. The van der Waals surface area contributed by atoms with E-state index in [1.165, 1.54) is 87.2 Å². The summed E-state index contributed by atoms with van der Waals surface area (Å²) >= 11 is -0.841. The van der Waals surface area contributed by atoms with Gasteiger partial charge in [0, 0.05) is 31.5 Å². The molecule has 2 nitrogen and oxygen atoms in total. The van der Waals surface area contributed by atoms with Crippen LogP contribution in [0.25, 0.3) is 43.7 Å². The Hall–Kier alpha value is -4.47. The normalized spacial score (nSPS) is 17.9. The van der Waals surface area contributed by atoms with Crippen LogP contribution in [-0.4, -0.2) is 3.97 Å². The maximum Gasteiger partial charge on any atom is 0.0670 e. The van der Waals surface area contributed by atoms with Crippen molar-refractivity contribution < 1.29 is 0 Å². The minimum Gasteiger partial charge on any atom is -0.308 e. The Morgan fingerprint density at radius 2 is 1.39 bits per heavy atom. The molecule has 3 aliphatic rings. The zero-order chi connectivity index (χ0) is 27.2. The van der Waals surface area contributed by atoms with Gasteiger partial charge in [0.05, 0.1) is 28.1 Å². The predicted molar refractivity (Wildman–Crippen MR) is 175 cm³/mol. The molecule has 0 bridgehead atoms. The Morgan fingerprint density at radius 1 is 0.634 bits per heavy atom. The highest BCUT2D eigenvalue weighted by molar-refractivity contribution is 8.16. The van der Waals surface area contributed by atoms with Crippen LogP contribution in [0.5, 0.6) is 0 Å². The molecule has 196 valence electrons. The largest absolute Gasteiger partial charge is 0.308 e. The van der Waals surface area contributed by atoms with E-state index in [-0.39, 0.29) is 5.41 Å². The standard InChI is InChI=1S/C38H28N2S/c1-22-18-28-26-13-8-12-25-27-20-23-10-4-5-11-24(23)21-32(27)40(35(25)26)41-34-17-9-15-30-36(34)39(33(19-22)37(28)41)31-16-7-6-14-29(31)38(30,2)3/h4-21,41H,1-3H3. The van der Waals surface area contributed by atoms with Gasteiger partial charge in [-0.05, 0) is 70.3 Å². The molecular formula is C38H28N2S. The third kappa shape index (κ3) is 2.53. The topological polar surface area (TPSA) is 8.17 Å². The Kier molecular flexibility index (Phi) is 3.92. The Morgan fingerprint density at radius 3 is 2.27 bits per heavy atom. The molecule has 41 heavy (non-hydrogen) atoms. The molecule has 0 saturated carbocycles. The van der Waals surface area contributed by atoms with Gasteiger partial charge in [0.15, 0.2) is 0 Å². The molecule has 4 heterocycles. The Balaban J connectivity index is 1.43. The van der Waals surface area contributed by atoms with E-state index in [1.807, 2.05) is 0 Å². The van der Waals surface area contributed by atoms with Crippen LogP contribution in [-0.2, 0) is 5.41 Å². The van der Waals surface area contributed by atoms with Gasteiger partial charge in [0.1, 0.15) is 0 Å². The highest BCUT2D eigenvalue weighted by Crippen LogP contribution is 2.70. The number of fused-ring (bicyclic) bond motifs is 10. The van der Waals surface area contributed by atoms with Crippen molar-refractivity contribution in [2.75, 3.05) is 4.90 Å². The van der Waals surface area contributed by atoms with E-state index in [0.717, 1.165) is 0 Å². The second-order valence-electron chi connectivity index (χ2n) is 12.4. The monoisotopic (exact) mass is 544 g/mol. The van der Waals surface area contributed by atoms with E-state index in [9.17, 15) is 0 Å². The minimum atomic E-state index is -0.841. The molecule has 0 spiro atoms. The molecule has 1 aromatic heterocycles. The van der Waals surface area contributed by atoms with Crippen molar-refractivity contribution in [3.05, 3.63) is 126 Å². The SMILES string of the molecule is Cc1cc2c3c(c1)N1c4ccccc4C(C)(C)c4cccc(c41)[SH]3n1c3cc4ccccc4cc3c3cccc-2c31. The van der Waals surface area contributed by atoms with Crippen molar-refractivity contribution in [1.29, 1.82) is 0 Å². The van der Waals surface area contributed by atoms with Crippen molar-refractivity contribution in [2.24, 2.45) is 0 Å². The maximum atomic E-state index is 2.74. The fourth-order valence-corrected chi connectivity index (χ4v) is 10.9. The minimum absolute atomic E-state index is 0.0874. The fraction of sp³-hybridized carbons (Fsp3) is 0.105. The summed E-state index contributed by atoms with van der Waals surface area (Å²) in [5.74, 6) is 0. The van der Waals surface area contributed by atoms with E-state index >= 15 is 0 Å². The third-order valence-corrected chi connectivity index (χ3v) is 12.3. The molecule has 0 N–H and O–H groups in total. The first-order chi connectivity index (χ1) is 20.0. The van der Waals surface area contributed by atoms with Gasteiger partial charge in [0.25, 0.3) is 0 Å². The number of hydrogen-bond donors (Lipinski definition) is 1. The number of aryl methyl sites for hydroxylation is 1. The molecule has 10 rings (SSSR count). The lowest BCUT2D eigenvalue weighted by atomic mass is 9.73. The second-order valence-corrected chi connectivity index (χ2v) is 14.3. The van der Waals surface area contributed by atoms with Crippen molar-refractivity contribution >= 4 is 60.7 Å². The maximum absolute atomic E-state index is 2.74. The average Bonchev–Trinajstić information content (AvgIpc) is 3.31. The number of hydrogen-bond acceptors (Lipinski definition) is 1. The molecule has 6 aromatic carbocycles. The number of anilines is 3. The number of benzene rings is 6. The lowest BCUT2D eigenvalue weighted by Crippen LogP contribution is -2.33. The first kappa shape index (κ1) is 22.2. The Labute approximate surface area is 241 Å². The molecule has 7 aromatic rings. The molecule has 0 amide bonds. The predicted octanol–water partition coefficient (Wildman–Crippen LogP) is 10.5. The van der Waals surface area contributed by atoms with Crippen LogP contribution in [0.1, 0.15) is 30.5 Å². The highest BCUT2D eigenvalue weighted by atomic mass is 32.2. The molecule has 3 aliphatic heterocycles. The van der Waals surface area contributed by atoms with Crippen LogP contribution < -0.4 is 4.90 Å². The molecule has 0 radical (unpaired) electrons. The number of nitrogens with zero attached hydrogens (tertiary/aromatic N) is 2. The molecule has 0 fully saturated rings. The summed E-state index contributed by atoms with van der Waals surface area (Å²) in [6, 6.07) is 41.6. The number of aromatic nitrogens is 1. The van der Waals surface area contributed by atoms with Crippen LogP contribution in [0, 0.1) is 6.92 Å². The van der Waals surface area contributed by atoms with Crippen LogP contribution >= 0.6 is 11.1 Å². The Bertz CT molecular complexity index is 2320. The molecule has 0 saturated heterocycles. The van der Waals surface area contributed by atoms with Crippen molar-refractivity contribution in [3.8, 4) is 11.1 Å².